The van der Waals surface area contributed by atoms with E-state index in [1.807, 2.05) is 24.3 Å². The van der Waals surface area contributed by atoms with Gasteiger partial charge in [0.1, 0.15) is 0 Å². The molecule has 2 aromatic rings. The Morgan fingerprint density at radius 3 is 2.10 bits per heavy atom. The second-order valence-corrected chi connectivity index (χ2v) is 4.64. The Hall–Kier alpha value is -2.46. The van der Waals surface area contributed by atoms with Crippen molar-refractivity contribution in [1.82, 2.24) is 4.90 Å². The van der Waals surface area contributed by atoms with Gasteiger partial charge in [0.25, 0.3) is 11.8 Å². The fourth-order valence-corrected chi connectivity index (χ4v) is 2.52. The Morgan fingerprint density at radius 2 is 1.55 bits per heavy atom. The van der Waals surface area contributed by atoms with E-state index in [2.05, 4.69) is 0 Å². The number of hydrogen-bond acceptors (Lipinski definition) is 3. The fourth-order valence-electron chi connectivity index (χ4n) is 2.52. The van der Waals surface area contributed by atoms with E-state index in [0.717, 1.165) is 10.8 Å². The van der Waals surface area contributed by atoms with E-state index in [-0.39, 0.29) is 18.4 Å². The monoisotopic (exact) mass is 266 g/mol. The molecular formula is C16H14N2O2. The van der Waals surface area contributed by atoms with Crippen LogP contribution >= 0.6 is 0 Å². The summed E-state index contributed by atoms with van der Waals surface area (Å²) in [5.74, 6) is -0.498. The molecule has 1 aliphatic heterocycles. The highest BCUT2D eigenvalue weighted by atomic mass is 16.2. The van der Waals surface area contributed by atoms with Crippen LogP contribution in [-0.2, 0) is 0 Å². The highest BCUT2D eigenvalue weighted by molar-refractivity contribution is 6.25. The molecule has 0 spiro atoms. The predicted molar refractivity (Wildman–Crippen MR) is 77.5 cm³/mol. The zero-order valence-electron chi connectivity index (χ0n) is 10.9. The Kier molecular flexibility index (Phi) is 3.08. The van der Waals surface area contributed by atoms with Gasteiger partial charge in [-0.25, -0.2) is 0 Å². The summed E-state index contributed by atoms with van der Waals surface area (Å²) in [5, 5.41) is 1.67. The lowest BCUT2D eigenvalue weighted by Crippen LogP contribution is -2.40. The normalized spacial score (nSPS) is 14.6. The summed E-state index contributed by atoms with van der Waals surface area (Å²) in [7, 11) is 0. The number of benzene rings is 2. The van der Waals surface area contributed by atoms with E-state index in [4.69, 9.17) is 5.73 Å². The zero-order valence-corrected chi connectivity index (χ0v) is 10.9. The van der Waals surface area contributed by atoms with Crippen molar-refractivity contribution in [2.24, 2.45) is 5.73 Å². The average Bonchev–Trinajstić information content (AvgIpc) is 2.48. The molecule has 3 rings (SSSR count). The van der Waals surface area contributed by atoms with Gasteiger partial charge >= 0.3 is 0 Å². The van der Waals surface area contributed by atoms with Gasteiger partial charge in [-0.1, -0.05) is 36.4 Å². The number of nitrogens with two attached hydrogens (primary N) is 1. The van der Waals surface area contributed by atoms with Crippen LogP contribution in [0, 0.1) is 0 Å². The van der Waals surface area contributed by atoms with Crippen molar-refractivity contribution in [3.63, 3.8) is 0 Å². The molecular weight excluding hydrogens is 252 g/mol. The molecule has 20 heavy (non-hydrogen) atoms. The van der Waals surface area contributed by atoms with Crippen LogP contribution < -0.4 is 5.73 Å². The maximum absolute atomic E-state index is 12.4. The summed E-state index contributed by atoms with van der Waals surface area (Å²) in [4.78, 5) is 26.1. The van der Waals surface area contributed by atoms with Gasteiger partial charge < -0.3 is 5.73 Å². The summed E-state index contributed by atoms with van der Waals surface area (Å²) < 4.78 is 0. The second-order valence-electron chi connectivity index (χ2n) is 4.64. The molecule has 0 aromatic heterocycles. The van der Waals surface area contributed by atoms with Crippen molar-refractivity contribution in [3.05, 3.63) is 59.7 Å². The Labute approximate surface area is 116 Å². The molecule has 0 bridgehead atoms. The maximum atomic E-state index is 12.4. The first-order chi connectivity index (χ1) is 9.74. The van der Waals surface area contributed by atoms with Crippen LogP contribution in [0.1, 0.15) is 20.7 Å². The Morgan fingerprint density at radius 1 is 0.950 bits per heavy atom. The minimum absolute atomic E-state index is 0.249. The minimum atomic E-state index is -0.249. The van der Waals surface area contributed by atoms with Gasteiger partial charge in [-0.15, -0.1) is 0 Å². The Balaban J connectivity index is 2.14. The van der Waals surface area contributed by atoms with E-state index in [1.165, 1.54) is 4.90 Å². The lowest BCUT2D eigenvalue weighted by atomic mass is 9.94. The van der Waals surface area contributed by atoms with Crippen LogP contribution in [0.2, 0.25) is 0 Å². The molecule has 0 fully saturated rings. The summed E-state index contributed by atoms with van der Waals surface area (Å²) in [6, 6.07) is 11.0. The third kappa shape index (κ3) is 1.82. The van der Waals surface area contributed by atoms with Gasteiger partial charge in [-0.3, -0.25) is 14.5 Å². The molecule has 0 saturated carbocycles. The van der Waals surface area contributed by atoms with Gasteiger partial charge in [0, 0.05) is 29.6 Å². The first-order valence-corrected chi connectivity index (χ1v) is 6.47. The van der Waals surface area contributed by atoms with Crippen molar-refractivity contribution >= 4 is 22.6 Å². The predicted octanol–water partition coefficient (Wildman–Crippen LogP) is 1.95. The molecule has 4 nitrogen and oxygen atoms in total. The van der Waals surface area contributed by atoms with Crippen LogP contribution in [0.4, 0.5) is 0 Å². The third-order valence-corrected chi connectivity index (χ3v) is 3.45. The van der Waals surface area contributed by atoms with E-state index >= 15 is 0 Å². The van der Waals surface area contributed by atoms with Gasteiger partial charge in [0.05, 0.1) is 0 Å². The first kappa shape index (κ1) is 12.6. The first-order valence-electron chi connectivity index (χ1n) is 6.47. The average molecular weight is 266 g/mol. The van der Waals surface area contributed by atoms with E-state index < -0.39 is 0 Å². The molecule has 0 unspecified atom stereocenters. The molecule has 1 aliphatic rings. The third-order valence-electron chi connectivity index (χ3n) is 3.45. The maximum Gasteiger partial charge on any atom is 0.261 e. The van der Waals surface area contributed by atoms with Crippen molar-refractivity contribution in [1.29, 1.82) is 0 Å². The van der Waals surface area contributed by atoms with Crippen LogP contribution in [0.3, 0.4) is 0 Å². The topological polar surface area (TPSA) is 63.4 Å². The Bertz CT molecular complexity index is 684. The van der Waals surface area contributed by atoms with E-state index in [1.54, 1.807) is 24.3 Å². The number of imide groups is 1. The van der Waals surface area contributed by atoms with Gasteiger partial charge in [-0.2, -0.15) is 0 Å². The standard InChI is InChI=1S/C16H14N2O2/c17-9-1-2-10-18-15(19)12-7-3-5-11-6-4-8-13(14(11)12)16(18)20/h1-8H,9-10,17H2/b2-1+. The van der Waals surface area contributed by atoms with E-state index in [0.29, 0.717) is 17.7 Å². The van der Waals surface area contributed by atoms with Crippen LogP contribution in [0.15, 0.2) is 48.6 Å². The van der Waals surface area contributed by atoms with Crippen molar-refractivity contribution < 1.29 is 9.59 Å². The summed E-state index contributed by atoms with van der Waals surface area (Å²) >= 11 is 0. The lowest BCUT2D eigenvalue weighted by Gasteiger charge is -2.26. The van der Waals surface area contributed by atoms with Crippen molar-refractivity contribution in [2.45, 2.75) is 0 Å². The SMILES string of the molecule is NC/C=C/CN1C(=O)c2cccc3cccc(c23)C1=O. The highest BCUT2D eigenvalue weighted by Gasteiger charge is 2.31. The number of hydrogen-bond donors (Lipinski definition) is 1. The number of carbonyl (C=O) groups excluding carboxylic acids is 2. The number of amides is 2. The van der Waals surface area contributed by atoms with Crippen molar-refractivity contribution in [2.75, 3.05) is 13.1 Å². The second kappa shape index (κ2) is 4.90. The number of rotatable bonds is 3. The largest absolute Gasteiger partial charge is 0.327 e. The van der Waals surface area contributed by atoms with Crippen LogP contribution in [0.5, 0.6) is 0 Å². The van der Waals surface area contributed by atoms with E-state index in [9.17, 15) is 9.59 Å². The molecule has 2 amide bonds. The molecule has 0 atom stereocenters. The summed E-state index contributed by atoms with van der Waals surface area (Å²) in [6.07, 6.45) is 3.48. The zero-order chi connectivity index (χ0) is 14.1. The lowest BCUT2D eigenvalue weighted by molar-refractivity contribution is 0.0629. The van der Waals surface area contributed by atoms with Gasteiger partial charge in [0.2, 0.25) is 0 Å². The van der Waals surface area contributed by atoms with Gasteiger partial charge in [-0.05, 0) is 17.5 Å². The molecule has 2 N–H and O–H groups in total. The summed E-state index contributed by atoms with van der Waals surface area (Å²) in [5.41, 5.74) is 6.54. The molecule has 1 heterocycles. The van der Waals surface area contributed by atoms with Gasteiger partial charge in [0.15, 0.2) is 0 Å². The quantitative estimate of drug-likeness (QED) is 0.682. The van der Waals surface area contributed by atoms with Crippen LogP contribution in [0.25, 0.3) is 10.8 Å². The molecule has 2 aromatic carbocycles. The smallest absolute Gasteiger partial charge is 0.261 e. The number of carbonyl (C=O) groups is 2. The molecule has 100 valence electrons. The molecule has 0 radical (unpaired) electrons. The van der Waals surface area contributed by atoms with Crippen LogP contribution in [-0.4, -0.2) is 29.8 Å². The minimum Gasteiger partial charge on any atom is -0.327 e. The number of nitrogens with zero attached hydrogens (tertiary/aromatic N) is 1. The van der Waals surface area contributed by atoms with Crippen molar-refractivity contribution in [3.8, 4) is 0 Å². The molecule has 0 aliphatic carbocycles. The fraction of sp³-hybridized carbons (Fsp3) is 0.125. The summed E-state index contributed by atoms with van der Waals surface area (Å²) in [6.45, 7) is 0.641. The molecule has 0 saturated heterocycles. The highest BCUT2D eigenvalue weighted by Crippen LogP contribution is 2.29. The molecule has 4 heteroatoms.